The maximum absolute atomic E-state index is 4.48. The molecule has 1 aliphatic rings. The summed E-state index contributed by atoms with van der Waals surface area (Å²) in [7, 11) is 0. The summed E-state index contributed by atoms with van der Waals surface area (Å²) in [4.78, 5) is 0. The Morgan fingerprint density at radius 1 is 1.22 bits per heavy atom. The van der Waals surface area contributed by atoms with Crippen molar-refractivity contribution in [3.8, 4) is 0 Å². The maximum atomic E-state index is 4.48. The third-order valence-electron chi connectivity index (χ3n) is 4.97. The molecule has 0 N–H and O–H groups in total. The van der Waals surface area contributed by atoms with Crippen LogP contribution in [0.15, 0.2) is 60.3 Å². The summed E-state index contributed by atoms with van der Waals surface area (Å²) in [6, 6.07) is 12.6. The molecular formula is C21H26N2. The van der Waals surface area contributed by atoms with Crippen LogP contribution in [0.1, 0.15) is 44.9 Å². The second-order valence-electron chi connectivity index (χ2n) is 7.21. The maximum Gasteiger partial charge on any atom is 0.0666 e. The fourth-order valence-corrected chi connectivity index (χ4v) is 3.55. The van der Waals surface area contributed by atoms with E-state index in [0.29, 0.717) is 11.3 Å². The molecule has 1 atom stereocenters. The molecule has 0 saturated heterocycles. The van der Waals surface area contributed by atoms with Gasteiger partial charge in [-0.15, -0.1) is 0 Å². The molecule has 1 unspecified atom stereocenters. The number of allylic oxidation sites excluding steroid dienone is 3. The second kappa shape index (κ2) is 6.57. The van der Waals surface area contributed by atoms with Crippen molar-refractivity contribution in [3.05, 3.63) is 71.6 Å². The molecule has 3 rings (SSSR count). The summed E-state index contributed by atoms with van der Waals surface area (Å²) in [5.74, 6) is 0.510. The molecule has 1 aromatic heterocycles. The Balaban J connectivity index is 1.80. The van der Waals surface area contributed by atoms with Gasteiger partial charge in [0.1, 0.15) is 0 Å². The van der Waals surface area contributed by atoms with Gasteiger partial charge >= 0.3 is 0 Å². The van der Waals surface area contributed by atoms with E-state index in [9.17, 15) is 0 Å². The van der Waals surface area contributed by atoms with E-state index in [0.717, 1.165) is 6.54 Å². The van der Waals surface area contributed by atoms with Gasteiger partial charge in [0.2, 0.25) is 0 Å². The zero-order valence-electron chi connectivity index (χ0n) is 14.4. The van der Waals surface area contributed by atoms with Crippen molar-refractivity contribution in [3.63, 3.8) is 0 Å². The molecule has 1 aromatic carbocycles. The smallest absolute Gasteiger partial charge is 0.0666 e. The molecule has 0 bridgehead atoms. The highest BCUT2D eigenvalue weighted by Gasteiger charge is 2.30. The lowest BCUT2D eigenvalue weighted by molar-refractivity contribution is 0.256. The Morgan fingerprint density at radius 3 is 2.74 bits per heavy atom. The van der Waals surface area contributed by atoms with E-state index in [1.54, 1.807) is 0 Å². The number of nitrogens with zero attached hydrogens (tertiary/aromatic N) is 2. The van der Waals surface area contributed by atoms with Gasteiger partial charge in [-0.05, 0) is 42.9 Å². The lowest BCUT2D eigenvalue weighted by Gasteiger charge is -2.36. The number of aromatic nitrogens is 2. The summed E-state index contributed by atoms with van der Waals surface area (Å²) in [6.07, 6.45) is 11.3. The molecule has 0 fully saturated rings. The standard InChI is InChI=1S/C21H26N2/c1-17-8-7-14-21(2,3)20(17)12-11-19-13-15-22-23(19)16-18-9-5-4-6-10-18/h4-6,8-13,15,20H,7,14,16H2,1-3H3/b12-11+. The number of hydrogen-bond donors (Lipinski definition) is 0. The first-order chi connectivity index (χ1) is 11.1. The summed E-state index contributed by atoms with van der Waals surface area (Å²) < 4.78 is 2.07. The van der Waals surface area contributed by atoms with E-state index in [2.05, 4.69) is 79.1 Å². The average Bonchev–Trinajstić information content (AvgIpc) is 2.94. The van der Waals surface area contributed by atoms with Gasteiger partial charge in [0.15, 0.2) is 0 Å². The lowest BCUT2D eigenvalue weighted by Crippen LogP contribution is -2.26. The second-order valence-corrected chi connectivity index (χ2v) is 7.21. The van der Waals surface area contributed by atoms with Crippen molar-refractivity contribution in [1.82, 2.24) is 9.78 Å². The minimum atomic E-state index is 0.333. The average molecular weight is 306 g/mol. The van der Waals surface area contributed by atoms with Crippen molar-refractivity contribution in [2.45, 2.75) is 40.2 Å². The summed E-state index contributed by atoms with van der Waals surface area (Å²) >= 11 is 0. The normalized spacial score (nSPS) is 20.7. The quantitative estimate of drug-likeness (QED) is 0.698. The van der Waals surface area contributed by atoms with Gasteiger partial charge in [0, 0.05) is 12.1 Å². The Labute approximate surface area is 139 Å². The van der Waals surface area contributed by atoms with Crippen LogP contribution in [0, 0.1) is 11.3 Å². The van der Waals surface area contributed by atoms with Gasteiger partial charge < -0.3 is 0 Å². The first-order valence-electron chi connectivity index (χ1n) is 8.47. The van der Waals surface area contributed by atoms with E-state index < -0.39 is 0 Å². The molecule has 1 aliphatic carbocycles. The molecule has 23 heavy (non-hydrogen) atoms. The minimum absolute atomic E-state index is 0.333. The van der Waals surface area contributed by atoms with Crippen LogP contribution >= 0.6 is 0 Å². The van der Waals surface area contributed by atoms with Crippen LogP contribution in [0.25, 0.3) is 6.08 Å². The Hall–Kier alpha value is -2.09. The van der Waals surface area contributed by atoms with Crippen molar-refractivity contribution >= 4 is 6.08 Å². The predicted octanol–water partition coefficient (Wildman–Crippen LogP) is 5.33. The van der Waals surface area contributed by atoms with Crippen LogP contribution in [0.2, 0.25) is 0 Å². The summed E-state index contributed by atoms with van der Waals surface area (Å²) in [5.41, 5.74) is 4.27. The van der Waals surface area contributed by atoms with Gasteiger partial charge in [0.25, 0.3) is 0 Å². The monoisotopic (exact) mass is 306 g/mol. The van der Waals surface area contributed by atoms with Crippen molar-refractivity contribution < 1.29 is 0 Å². The highest BCUT2D eigenvalue weighted by molar-refractivity contribution is 5.46. The zero-order valence-corrected chi connectivity index (χ0v) is 14.4. The fourth-order valence-electron chi connectivity index (χ4n) is 3.55. The molecule has 0 aliphatic heterocycles. The van der Waals surface area contributed by atoms with E-state index in [4.69, 9.17) is 0 Å². The molecule has 2 nitrogen and oxygen atoms in total. The first kappa shape index (κ1) is 15.8. The molecule has 120 valence electrons. The SMILES string of the molecule is CC1=CCCC(C)(C)C1/C=C/c1ccnn1Cc1ccccc1. The van der Waals surface area contributed by atoms with Crippen LogP contribution < -0.4 is 0 Å². The Bertz CT molecular complexity index is 704. The third kappa shape index (κ3) is 3.64. The van der Waals surface area contributed by atoms with Gasteiger partial charge in [-0.25, -0.2) is 0 Å². The predicted molar refractivity (Wildman–Crippen MR) is 97.1 cm³/mol. The molecular weight excluding hydrogens is 280 g/mol. The zero-order chi connectivity index (χ0) is 16.3. The summed E-state index contributed by atoms with van der Waals surface area (Å²) in [5, 5.41) is 4.48. The molecule has 0 saturated carbocycles. The molecule has 0 radical (unpaired) electrons. The lowest BCUT2D eigenvalue weighted by atomic mass is 9.68. The van der Waals surface area contributed by atoms with Gasteiger partial charge in [-0.2, -0.15) is 5.10 Å². The highest BCUT2D eigenvalue weighted by Crippen LogP contribution is 2.41. The highest BCUT2D eigenvalue weighted by atomic mass is 15.3. The van der Waals surface area contributed by atoms with Crippen LogP contribution in [0.5, 0.6) is 0 Å². The van der Waals surface area contributed by atoms with Crippen molar-refractivity contribution in [2.75, 3.05) is 0 Å². The van der Waals surface area contributed by atoms with Crippen LogP contribution in [-0.2, 0) is 6.54 Å². The van der Waals surface area contributed by atoms with Gasteiger partial charge in [-0.1, -0.05) is 61.9 Å². The minimum Gasteiger partial charge on any atom is -0.261 e. The fraction of sp³-hybridized carbons (Fsp3) is 0.381. The van der Waals surface area contributed by atoms with E-state index in [1.807, 2.05) is 12.3 Å². The van der Waals surface area contributed by atoms with E-state index in [1.165, 1.54) is 29.7 Å². The Kier molecular flexibility index (Phi) is 4.51. The van der Waals surface area contributed by atoms with E-state index in [-0.39, 0.29) is 0 Å². The molecule has 0 spiro atoms. The van der Waals surface area contributed by atoms with Crippen molar-refractivity contribution in [2.24, 2.45) is 11.3 Å². The number of hydrogen-bond acceptors (Lipinski definition) is 1. The number of benzene rings is 1. The van der Waals surface area contributed by atoms with Gasteiger partial charge in [0.05, 0.1) is 12.2 Å². The van der Waals surface area contributed by atoms with Crippen LogP contribution in [-0.4, -0.2) is 9.78 Å². The van der Waals surface area contributed by atoms with Crippen LogP contribution in [0.4, 0.5) is 0 Å². The third-order valence-corrected chi connectivity index (χ3v) is 4.97. The topological polar surface area (TPSA) is 17.8 Å². The summed E-state index contributed by atoms with van der Waals surface area (Å²) in [6.45, 7) is 7.83. The van der Waals surface area contributed by atoms with Gasteiger partial charge in [-0.3, -0.25) is 4.68 Å². The molecule has 1 heterocycles. The molecule has 2 heteroatoms. The molecule has 2 aromatic rings. The number of rotatable bonds is 4. The largest absolute Gasteiger partial charge is 0.261 e. The van der Waals surface area contributed by atoms with Crippen molar-refractivity contribution in [1.29, 1.82) is 0 Å². The first-order valence-corrected chi connectivity index (χ1v) is 8.47. The molecule has 0 amide bonds. The Morgan fingerprint density at radius 2 is 2.00 bits per heavy atom. The van der Waals surface area contributed by atoms with Crippen LogP contribution in [0.3, 0.4) is 0 Å². The van der Waals surface area contributed by atoms with E-state index >= 15 is 0 Å².